The number of benzene rings is 1. The van der Waals surface area contributed by atoms with Crippen LogP contribution < -0.4 is 10.6 Å². The number of furan rings is 1. The standard InChI is InChI=1S/C20H19FN4O3/c1-14-22-10-11-25(14)18-6-4-15(13-17(18)21)24-20(27)8-9-23-19(26)7-5-16-3-2-12-28-16/h2-7,10-13H,8-9H2,1H3,(H,23,26)(H,24,27)/b7-5+. The van der Waals surface area contributed by atoms with E-state index in [1.54, 1.807) is 48.1 Å². The molecule has 0 bridgehead atoms. The van der Waals surface area contributed by atoms with E-state index < -0.39 is 5.82 Å². The number of nitrogens with zero attached hydrogens (tertiary/aromatic N) is 2. The molecule has 3 rings (SSSR count). The molecule has 0 atom stereocenters. The van der Waals surface area contributed by atoms with E-state index in [-0.39, 0.29) is 24.8 Å². The van der Waals surface area contributed by atoms with Crippen molar-refractivity contribution >= 4 is 23.6 Å². The molecule has 0 saturated heterocycles. The Morgan fingerprint density at radius 1 is 1.32 bits per heavy atom. The number of aromatic nitrogens is 2. The number of hydrogen-bond acceptors (Lipinski definition) is 4. The van der Waals surface area contributed by atoms with Gasteiger partial charge in [0.25, 0.3) is 0 Å². The number of carbonyl (C=O) groups is 2. The minimum Gasteiger partial charge on any atom is -0.465 e. The zero-order chi connectivity index (χ0) is 19.9. The molecular weight excluding hydrogens is 363 g/mol. The number of imidazole rings is 1. The van der Waals surface area contributed by atoms with E-state index in [0.717, 1.165) is 0 Å². The summed E-state index contributed by atoms with van der Waals surface area (Å²) in [6.45, 7) is 1.93. The molecule has 0 fully saturated rings. The zero-order valence-corrected chi connectivity index (χ0v) is 15.2. The third-order valence-corrected chi connectivity index (χ3v) is 3.91. The number of aryl methyl sites for hydroxylation is 1. The van der Waals surface area contributed by atoms with Gasteiger partial charge in [0.15, 0.2) is 0 Å². The molecule has 0 aliphatic carbocycles. The molecule has 2 heterocycles. The number of hydrogen-bond donors (Lipinski definition) is 2. The van der Waals surface area contributed by atoms with E-state index in [1.165, 1.54) is 24.5 Å². The van der Waals surface area contributed by atoms with Crippen LogP contribution in [0.5, 0.6) is 0 Å². The molecule has 3 aromatic rings. The summed E-state index contributed by atoms with van der Waals surface area (Å²) in [5.74, 6) is 0.0728. The van der Waals surface area contributed by atoms with E-state index >= 15 is 0 Å². The van der Waals surface area contributed by atoms with Crippen molar-refractivity contribution in [3.63, 3.8) is 0 Å². The molecule has 8 heteroatoms. The molecule has 0 aliphatic heterocycles. The van der Waals surface area contributed by atoms with Crippen molar-refractivity contribution in [3.05, 3.63) is 72.5 Å². The summed E-state index contributed by atoms with van der Waals surface area (Å²) in [4.78, 5) is 27.7. The highest BCUT2D eigenvalue weighted by atomic mass is 19.1. The molecule has 0 saturated carbocycles. The monoisotopic (exact) mass is 382 g/mol. The van der Waals surface area contributed by atoms with Gasteiger partial charge in [0.2, 0.25) is 11.8 Å². The van der Waals surface area contributed by atoms with Crippen LogP contribution in [0, 0.1) is 12.7 Å². The maximum Gasteiger partial charge on any atom is 0.244 e. The van der Waals surface area contributed by atoms with Crippen LogP contribution in [0.2, 0.25) is 0 Å². The summed E-state index contributed by atoms with van der Waals surface area (Å²) < 4.78 is 21.0. The highest BCUT2D eigenvalue weighted by Gasteiger charge is 2.10. The highest BCUT2D eigenvalue weighted by molar-refractivity contribution is 5.93. The van der Waals surface area contributed by atoms with Crippen LogP contribution in [0.4, 0.5) is 10.1 Å². The second kappa shape index (κ2) is 8.81. The molecule has 2 N–H and O–H groups in total. The first kappa shape index (κ1) is 19.1. The molecular formula is C20H19FN4O3. The third kappa shape index (κ3) is 4.94. The highest BCUT2D eigenvalue weighted by Crippen LogP contribution is 2.19. The van der Waals surface area contributed by atoms with Gasteiger partial charge in [-0.05, 0) is 43.3 Å². The maximum absolute atomic E-state index is 14.3. The smallest absolute Gasteiger partial charge is 0.244 e. The van der Waals surface area contributed by atoms with E-state index in [2.05, 4.69) is 15.6 Å². The van der Waals surface area contributed by atoms with Gasteiger partial charge in [0.1, 0.15) is 17.4 Å². The molecule has 0 unspecified atom stereocenters. The average Bonchev–Trinajstić information content (AvgIpc) is 3.32. The van der Waals surface area contributed by atoms with Gasteiger partial charge in [-0.15, -0.1) is 0 Å². The van der Waals surface area contributed by atoms with E-state index in [4.69, 9.17) is 4.42 Å². The average molecular weight is 382 g/mol. The van der Waals surface area contributed by atoms with Crippen molar-refractivity contribution in [3.8, 4) is 5.69 Å². The van der Waals surface area contributed by atoms with Gasteiger partial charge in [0.05, 0.1) is 12.0 Å². The topological polar surface area (TPSA) is 89.2 Å². The van der Waals surface area contributed by atoms with Crippen molar-refractivity contribution in [2.45, 2.75) is 13.3 Å². The van der Waals surface area contributed by atoms with Gasteiger partial charge < -0.3 is 19.6 Å². The van der Waals surface area contributed by atoms with Crippen LogP contribution in [0.1, 0.15) is 18.0 Å². The van der Waals surface area contributed by atoms with Crippen molar-refractivity contribution in [2.24, 2.45) is 0 Å². The van der Waals surface area contributed by atoms with Crippen molar-refractivity contribution in [1.29, 1.82) is 0 Å². The Labute approximate surface area is 160 Å². The molecule has 2 aromatic heterocycles. The van der Waals surface area contributed by atoms with Crippen LogP contribution in [0.25, 0.3) is 11.8 Å². The lowest BCUT2D eigenvalue weighted by Crippen LogP contribution is -2.26. The molecule has 28 heavy (non-hydrogen) atoms. The molecule has 0 aliphatic rings. The van der Waals surface area contributed by atoms with Crippen molar-refractivity contribution in [2.75, 3.05) is 11.9 Å². The minimum atomic E-state index is -0.477. The van der Waals surface area contributed by atoms with Crippen LogP contribution in [0.3, 0.4) is 0 Å². The Hall–Kier alpha value is -3.68. The second-order valence-corrected chi connectivity index (χ2v) is 5.95. The lowest BCUT2D eigenvalue weighted by atomic mass is 10.2. The van der Waals surface area contributed by atoms with E-state index in [9.17, 15) is 14.0 Å². The lowest BCUT2D eigenvalue weighted by Gasteiger charge is -2.10. The van der Waals surface area contributed by atoms with Gasteiger partial charge in [0, 0.05) is 37.1 Å². The van der Waals surface area contributed by atoms with E-state index in [1.807, 2.05) is 0 Å². The first-order chi connectivity index (χ1) is 13.5. The fraction of sp³-hybridized carbons (Fsp3) is 0.150. The summed E-state index contributed by atoms with van der Waals surface area (Å²) in [6.07, 6.45) is 7.67. The second-order valence-electron chi connectivity index (χ2n) is 5.95. The zero-order valence-electron chi connectivity index (χ0n) is 15.2. The SMILES string of the molecule is Cc1nccn1-c1ccc(NC(=O)CCNC(=O)/C=C/c2ccco2)cc1F. The lowest BCUT2D eigenvalue weighted by molar-refractivity contribution is -0.117. The third-order valence-electron chi connectivity index (χ3n) is 3.91. The van der Waals surface area contributed by atoms with Gasteiger partial charge >= 0.3 is 0 Å². The molecule has 7 nitrogen and oxygen atoms in total. The predicted molar refractivity (Wildman–Crippen MR) is 102 cm³/mol. The molecule has 0 spiro atoms. The maximum atomic E-state index is 14.3. The molecule has 2 amide bonds. The summed E-state index contributed by atoms with van der Waals surface area (Å²) in [5.41, 5.74) is 0.691. The molecule has 144 valence electrons. The Morgan fingerprint density at radius 2 is 2.18 bits per heavy atom. The Bertz CT molecular complexity index is 993. The van der Waals surface area contributed by atoms with Gasteiger partial charge in [-0.2, -0.15) is 0 Å². The summed E-state index contributed by atoms with van der Waals surface area (Å²) in [6, 6.07) is 7.86. The largest absolute Gasteiger partial charge is 0.465 e. The number of anilines is 1. The van der Waals surface area contributed by atoms with Gasteiger partial charge in [-0.25, -0.2) is 9.37 Å². The number of amides is 2. The predicted octanol–water partition coefficient (Wildman–Crippen LogP) is 3.07. The Kier molecular flexibility index (Phi) is 6.01. The fourth-order valence-electron chi connectivity index (χ4n) is 2.54. The fourth-order valence-corrected chi connectivity index (χ4v) is 2.54. The van der Waals surface area contributed by atoms with Crippen LogP contribution in [0.15, 0.2) is 59.5 Å². The first-order valence-electron chi connectivity index (χ1n) is 8.62. The van der Waals surface area contributed by atoms with Crippen molar-refractivity contribution in [1.82, 2.24) is 14.9 Å². The molecule has 1 aromatic carbocycles. The summed E-state index contributed by atoms with van der Waals surface area (Å²) in [7, 11) is 0. The minimum absolute atomic E-state index is 0.0599. The van der Waals surface area contributed by atoms with Crippen LogP contribution in [-0.2, 0) is 9.59 Å². The Balaban J connectivity index is 1.48. The number of nitrogens with one attached hydrogen (secondary N) is 2. The van der Waals surface area contributed by atoms with Crippen LogP contribution >= 0.6 is 0 Å². The van der Waals surface area contributed by atoms with Crippen molar-refractivity contribution < 1.29 is 18.4 Å². The number of rotatable bonds is 7. The molecule has 0 radical (unpaired) electrons. The van der Waals surface area contributed by atoms with Gasteiger partial charge in [-0.1, -0.05) is 0 Å². The summed E-state index contributed by atoms with van der Waals surface area (Å²) in [5, 5.41) is 5.20. The van der Waals surface area contributed by atoms with Gasteiger partial charge in [-0.3, -0.25) is 9.59 Å². The van der Waals surface area contributed by atoms with E-state index in [0.29, 0.717) is 23.0 Å². The number of carbonyl (C=O) groups excluding carboxylic acids is 2. The summed E-state index contributed by atoms with van der Waals surface area (Å²) >= 11 is 0. The normalized spacial score (nSPS) is 10.9. The number of halogens is 1. The van der Waals surface area contributed by atoms with Crippen LogP contribution in [-0.4, -0.2) is 27.9 Å². The first-order valence-corrected chi connectivity index (χ1v) is 8.62. The quantitative estimate of drug-likeness (QED) is 0.615. The Morgan fingerprint density at radius 3 is 2.86 bits per heavy atom.